The van der Waals surface area contributed by atoms with E-state index in [0.29, 0.717) is 12.5 Å². The summed E-state index contributed by atoms with van der Waals surface area (Å²) in [7, 11) is 0. The van der Waals surface area contributed by atoms with Crippen molar-refractivity contribution in [1.82, 2.24) is 20.5 Å². The van der Waals surface area contributed by atoms with Crippen molar-refractivity contribution >= 4 is 17.7 Å². The molecule has 0 radical (unpaired) electrons. The van der Waals surface area contributed by atoms with Crippen molar-refractivity contribution in [1.29, 1.82) is 0 Å². The summed E-state index contributed by atoms with van der Waals surface area (Å²) in [5.41, 5.74) is 7.96. The lowest BCUT2D eigenvalue weighted by Crippen LogP contribution is -2.26. The van der Waals surface area contributed by atoms with Crippen molar-refractivity contribution in [2.45, 2.75) is 38.6 Å². The summed E-state index contributed by atoms with van der Waals surface area (Å²) in [6, 6.07) is 11.0. The lowest BCUT2D eigenvalue weighted by Gasteiger charge is -2.23. The Morgan fingerprint density at radius 1 is 1.10 bits per heavy atom. The number of hydrogen-bond donors (Lipinski definition) is 3. The first-order chi connectivity index (χ1) is 14.3. The Bertz CT molecular complexity index is 1030. The number of H-pyrrole nitrogens is 1. The highest BCUT2D eigenvalue weighted by Gasteiger charge is 2.18. The number of aromatic nitrogens is 3. The lowest BCUT2D eigenvalue weighted by molar-refractivity contribution is 0.460. The van der Waals surface area contributed by atoms with E-state index in [0.717, 1.165) is 48.0 Å². The summed E-state index contributed by atoms with van der Waals surface area (Å²) in [6.45, 7) is 4.92. The van der Waals surface area contributed by atoms with E-state index in [-0.39, 0.29) is 0 Å². The van der Waals surface area contributed by atoms with Crippen molar-refractivity contribution in [3.05, 3.63) is 58.9 Å². The molecule has 29 heavy (non-hydrogen) atoms. The first-order valence-corrected chi connectivity index (χ1v) is 10.4. The molecule has 4 heterocycles. The Morgan fingerprint density at radius 3 is 2.69 bits per heavy atom. The number of aromatic amines is 1. The van der Waals surface area contributed by atoms with Gasteiger partial charge in [-0.3, -0.25) is 10.1 Å². The van der Waals surface area contributed by atoms with Gasteiger partial charge in [0.05, 0.1) is 18.4 Å². The number of anilines is 2. The molecule has 6 heteroatoms. The summed E-state index contributed by atoms with van der Waals surface area (Å²) >= 11 is 0. The van der Waals surface area contributed by atoms with Crippen molar-refractivity contribution < 1.29 is 0 Å². The molecule has 0 unspecified atom stereocenters. The summed E-state index contributed by atoms with van der Waals surface area (Å²) in [5.74, 6) is 1.56. The number of pyridine rings is 1. The van der Waals surface area contributed by atoms with E-state index in [1.54, 1.807) is 0 Å². The molecule has 1 aromatic carbocycles. The van der Waals surface area contributed by atoms with Crippen LogP contribution in [0.15, 0.2) is 41.5 Å². The Hall–Kier alpha value is -2.99. The Balaban J connectivity index is 1.45. The number of piperidine rings is 1. The topological polar surface area (TPSA) is 78.0 Å². The van der Waals surface area contributed by atoms with Crippen LogP contribution in [0.1, 0.15) is 41.1 Å². The molecule has 5 rings (SSSR count). The van der Waals surface area contributed by atoms with Crippen LogP contribution in [0.3, 0.4) is 0 Å². The first kappa shape index (κ1) is 18.1. The van der Waals surface area contributed by atoms with Gasteiger partial charge in [-0.05, 0) is 68.1 Å². The maximum atomic E-state index is 4.94. The third kappa shape index (κ3) is 3.68. The highest BCUT2D eigenvalue weighted by Crippen LogP contribution is 2.32. The maximum absolute atomic E-state index is 4.94. The Morgan fingerprint density at radius 2 is 1.93 bits per heavy atom. The summed E-state index contributed by atoms with van der Waals surface area (Å²) in [5, 5.41) is 14.2. The van der Waals surface area contributed by atoms with Gasteiger partial charge in [0.1, 0.15) is 5.82 Å². The fourth-order valence-electron chi connectivity index (χ4n) is 4.28. The molecule has 2 aliphatic heterocycles. The van der Waals surface area contributed by atoms with Crippen LogP contribution in [0, 0.1) is 6.92 Å². The van der Waals surface area contributed by atoms with Gasteiger partial charge < -0.3 is 10.6 Å². The molecular formula is C23H26N6. The van der Waals surface area contributed by atoms with Gasteiger partial charge in [-0.1, -0.05) is 12.1 Å². The molecule has 0 amide bonds. The van der Waals surface area contributed by atoms with Crippen LogP contribution in [0.5, 0.6) is 0 Å². The Labute approximate surface area is 170 Å². The fraction of sp³-hybridized carbons (Fsp3) is 0.348. The van der Waals surface area contributed by atoms with E-state index >= 15 is 0 Å². The molecule has 2 aromatic heterocycles. The van der Waals surface area contributed by atoms with Crippen LogP contribution < -0.4 is 10.6 Å². The summed E-state index contributed by atoms with van der Waals surface area (Å²) in [4.78, 5) is 9.42. The first-order valence-electron chi connectivity index (χ1n) is 10.4. The number of rotatable bonds is 4. The largest absolute Gasteiger partial charge is 0.340 e. The van der Waals surface area contributed by atoms with E-state index in [9.17, 15) is 0 Å². The maximum Gasteiger partial charge on any atom is 0.136 e. The van der Waals surface area contributed by atoms with Gasteiger partial charge in [-0.15, -0.1) is 0 Å². The zero-order chi connectivity index (χ0) is 19.6. The quantitative estimate of drug-likeness (QED) is 0.630. The van der Waals surface area contributed by atoms with Gasteiger partial charge in [0.15, 0.2) is 0 Å². The van der Waals surface area contributed by atoms with E-state index in [2.05, 4.69) is 56.2 Å². The van der Waals surface area contributed by atoms with Gasteiger partial charge in [-0.2, -0.15) is 5.10 Å². The van der Waals surface area contributed by atoms with Gasteiger partial charge >= 0.3 is 0 Å². The van der Waals surface area contributed by atoms with E-state index in [1.807, 2.05) is 19.3 Å². The minimum Gasteiger partial charge on any atom is -0.340 e. The third-order valence-corrected chi connectivity index (χ3v) is 6.00. The lowest BCUT2D eigenvalue weighted by atomic mass is 9.90. The predicted octanol–water partition coefficient (Wildman–Crippen LogP) is 4.12. The molecule has 148 valence electrons. The zero-order valence-corrected chi connectivity index (χ0v) is 16.7. The number of aliphatic imine (C=N–C) groups is 1. The van der Waals surface area contributed by atoms with E-state index < -0.39 is 0 Å². The minimum atomic E-state index is 0.665. The molecule has 3 aromatic rings. The predicted molar refractivity (Wildman–Crippen MR) is 117 cm³/mol. The van der Waals surface area contributed by atoms with Crippen molar-refractivity contribution in [2.75, 3.05) is 18.4 Å². The molecule has 0 atom stereocenters. The van der Waals surface area contributed by atoms with Crippen molar-refractivity contribution in [3.8, 4) is 11.3 Å². The highest BCUT2D eigenvalue weighted by molar-refractivity contribution is 5.74. The number of aryl methyl sites for hydroxylation is 1. The number of benzene rings is 1. The molecule has 6 nitrogen and oxygen atoms in total. The van der Waals surface area contributed by atoms with Crippen LogP contribution in [0.25, 0.3) is 11.3 Å². The Kier molecular flexibility index (Phi) is 4.86. The molecule has 0 saturated carbocycles. The van der Waals surface area contributed by atoms with Crippen LogP contribution >= 0.6 is 0 Å². The van der Waals surface area contributed by atoms with Crippen LogP contribution in [0.4, 0.5) is 11.5 Å². The second-order valence-electron chi connectivity index (χ2n) is 7.90. The smallest absolute Gasteiger partial charge is 0.136 e. The molecule has 0 spiro atoms. The summed E-state index contributed by atoms with van der Waals surface area (Å²) < 4.78 is 0. The molecule has 1 fully saturated rings. The van der Waals surface area contributed by atoms with Gasteiger partial charge in [0.2, 0.25) is 0 Å². The molecule has 0 aliphatic carbocycles. The van der Waals surface area contributed by atoms with E-state index in [1.165, 1.54) is 29.5 Å². The normalized spacial score (nSPS) is 16.6. The number of nitrogens with one attached hydrogen (secondary N) is 3. The highest BCUT2D eigenvalue weighted by atomic mass is 15.1. The van der Waals surface area contributed by atoms with Crippen molar-refractivity contribution in [2.24, 2.45) is 4.99 Å². The molecular weight excluding hydrogens is 360 g/mol. The second kappa shape index (κ2) is 7.79. The number of fused-ring (bicyclic) bond motifs is 1. The average molecular weight is 387 g/mol. The minimum absolute atomic E-state index is 0.665. The summed E-state index contributed by atoms with van der Waals surface area (Å²) in [6.07, 6.45) is 7.10. The molecule has 1 saturated heterocycles. The molecule has 3 N–H and O–H groups in total. The fourth-order valence-corrected chi connectivity index (χ4v) is 4.28. The molecule has 0 bridgehead atoms. The van der Waals surface area contributed by atoms with Gasteiger partial charge in [-0.25, -0.2) is 4.98 Å². The third-order valence-electron chi connectivity index (χ3n) is 6.00. The van der Waals surface area contributed by atoms with Gasteiger partial charge in [0, 0.05) is 35.1 Å². The van der Waals surface area contributed by atoms with Crippen LogP contribution in [-0.2, 0) is 13.0 Å². The monoisotopic (exact) mass is 386 g/mol. The average Bonchev–Trinajstić information content (AvgIpc) is 3.21. The zero-order valence-electron chi connectivity index (χ0n) is 16.7. The van der Waals surface area contributed by atoms with Crippen molar-refractivity contribution in [3.63, 3.8) is 0 Å². The number of hydrogen-bond acceptors (Lipinski definition) is 5. The molecule has 2 aliphatic rings. The van der Waals surface area contributed by atoms with Gasteiger partial charge in [0.25, 0.3) is 0 Å². The number of nitrogens with zero attached hydrogens (tertiary/aromatic N) is 3. The van der Waals surface area contributed by atoms with E-state index in [4.69, 9.17) is 4.98 Å². The van der Waals surface area contributed by atoms with Crippen LogP contribution in [0.2, 0.25) is 0 Å². The standard InChI is InChI=1S/C23H26N6/c1-15-20(14-26-29-15)22-12-18-8-11-25-13-21(18)23(28-22)27-19-4-2-16(3-5-19)17-6-9-24-10-7-17/h2-5,11-12,14,17,24H,6-10,13H2,1H3,(H,26,29)(H,27,28). The SMILES string of the molecule is Cc1[nH]ncc1-c1cc2c(c(Nc3ccc(C4CCNCC4)cc3)n1)CN=CC2. The van der Waals surface area contributed by atoms with Crippen LogP contribution in [-0.4, -0.2) is 34.5 Å². The second-order valence-corrected chi connectivity index (χ2v) is 7.90.